The molecule has 0 aromatic rings. The predicted molar refractivity (Wildman–Crippen MR) is 41.7 cm³/mol. The van der Waals surface area contributed by atoms with Crippen molar-refractivity contribution in [2.75, 3.05) is 26.2 Å². The van der Waals surface area contributed by atoms with Crippen LogP contribution in [0.3, 0.4) is 0 Å². The second kappa shape index (κ2) is 4.06. The standard InChI is InChI=1S/C7H12N2O3/c10-6-5-8-2-4-9(6)3-1-7(11)12/h8H,1-5H2,(H,11,12). The van der Waals surface area contributed by atoms with Crippen LogP contribution in [0.5, 0.6) is 0 Å². The Kier molecular flexibility index (Phi) is 3.04. The lowest BCUT2D eigenvalue weighted by molar-refractivity contribution is -0.138. The number of carbonyl (C=O) groups excluding carboxylic acids is 1. The van der Waals surface area contributed by atoms with E-state index in [1.807, 2.05) is 0 Å². The lowest BCUT2D eigenvalue weighted by Crippen LogP contribution is -2.48. The summed E-state index contributed by atoms with van der Waals surface area (Å²) in [6.07, 6.45) is 0.0335. The molecule has 12 heavy (non-hydrogen) atoms. The van der Waals surface area contributed by atoms with Crippen LogP contribution in [0.2, 0.25) is 0 Å². The number of carbonyl (C=O) groups is 2. The second-order valence-corrected chi connectivity index (χ2v) is 2.70. The van der Waals surface area contributed by atoms with E-state index >= 15 is 0 Å². The van der Waals surface area contributed by atoms with Crippen molar-refractivity contribution in [2.24, 2.45) is 0 Å². The Labute approximate surface area is 70.4 Å². The molecule has 0 aromatic heterocycles. The van der Waals surface area contributed by atoms with Crippen molar-refractivity contribution in [3.8, 4) is 0 Å². The number of piperazine rings is 1. The highest BCUT2D eigenvalue weighted by Gasteiger charge is 2.17. The molecule has 1 aliphatic rings. The van der Waals surface area contributed by atoms with Gasteiger partial charge in [-0.05, 0) is 0 Å². The summed E-state index contributed by atoms with van der Waals surface area (Å²) in [6.45, 7) is 2.03. The Morgan fingerprint density at radius 2 is 2.42 bits per heavy atom. The van der Waals surface area contributed by atoms with Gasteiger partial charge in [0.1, 0.15) is 0 Å². The number of hydrogen-bond acceptors (Lipinski definition) is 3. The van der Waals surface area contributed by atoms with E-state index in [1.54, 1.807) is 4.90 Å². The number of nitrogens with zero attached hydrogens (tertiary/aromatic N) is 1. The first-order chi connectivity index (χ1) is 5.70. The zero-order chi connectivity index (χ0) is 8.97. The van der Waals surface area contributed by atoms with E-state index in [9.17, 15) is 9.59 Å². The van der Waals surface area contributed by atoms with Crippen LogP contribution in [0.15, 0.2) is 0 Å². The van der Waals surface area contributed by atoms with Crippen molar-refractivity contribution in [3.63, 3.8) is 0 Å². The molecular weight excluding hydrogens is 160 g/mol. The van der Waals surface area contributed by atoms with Crippen LogP contribution >= 0.6 is 0 Å². The molecule has 5 heteroatoms. The SMILES string of the molecule is O=C(O)CCN1CCNCC1=O. The molecule has 0 aromatic carbocycles. The van der Waals surface area contributed by atoms with E-state index in [-0.39, 0.29) is 12.3 Å². The minimum absolute atomic E-state index is 0.0116. The molecule has 5 nitrogen and oxygen atoms in total. The molecule has 1 rings (SSSR count). The van der Waals surface area contributed by atoms with E-state index in [0.717, 1.165) is 6.54 Å². The molecule has 68 valence electrons. The van der Waals surface area contributed by atoms with Gasteiger partial charge in [-0.15, -0.1) is 0 Å². The van der Waals surface area contributed by atoms with Gasteiger partial charge in [0.15, 0.2) is 0 Å². The van der Waals surface area contributed by atoms with Gasteiger partial charge in [0, 0.05) is 19.6 Å². The molecule has 0 spiro atoms. The fourth-order valence-corrected chi connectivity index (χ4v) is 1.11. The number of hydrogen-bond donors (Lipinski definition) is 2. The predicted octanol–water partition coefficient (Wildman–Crippen LogP) is -1.11. The zero-order valence-corrected chi connectivity index (χ0v) is 6.75. The number of rotatable bonds is 3. The third-order valence-corrected chi connectivity index (χ3v) is 1.78. The van der Waals surface area contributed by atoms with Crippen molar-refractivity contribution >= 4 is 11.9 Å². The summed E-state index contributed by atoms with van der Waals surface area (Å²) in [7, 11) is 0. The monoisotopic (exact) mass is 172 g/mol. The van der Waals surface area contributed by atoms with E-state index < -0.39 is 5.97 Å². The van der Waals surface area contributed by atoms with Gasteiger partial charge >= 0.3 is 5.97 Å². The largest absolute Gasteiger partial charge is 0.481 e. The smallest absolute Gasteiger partial charge is 0.305 e. The average Bonchev–Trinajstić information content (AvgIpc) is 2.03. The Bertz CT molecular complexity index is 193. The Morgan fingerprint density at radius 1 is 1.67 bits per heavy atom. The molecule has 0 radical (unpaired) electrons. The summed E-state index contributed by atoms with van der Waals surface area (Å²) < 4.78 is 0. The van der Waals surface area contributed by atoms with Crippen molar-refractivity contribution in [3.05, 3.63) is 0 Å². The molecule has 2 N–H and O–H groups in total. The van der Waals surface area contributed by atoms with Gasteiger partial charge in [0.2, 0.25) is 5.91 Å². The van der Waals surface area contributed by atoms with Gasteiger partial charge in [0.25, 0.3) is 0 Å². The zero-order valence-electron chi connectivity index (χ0n) is 6.75. The summed E-state index contributed by atoms with van der Waals surface area (Å²) in [6, 6.07) is 0. The maximum Gasteiger partial charge on any atom is 0.305 e. The van der Waals surface area contributed by atoms with Crippen molar-refractivity contribution in [2.45, 2.75) is 6.42 Å². The highest BCUT2D eigenvalue weighted by Crippen LogP contribution is 1.95. The van der Waals surface area contributed by atoms with Crippen LogP contribution in [0.4, 0.5) is 0 Å². The molecule has 0 atom stereocenters. The number of amides is 1. The number of carboxylic acid groups (broad SMARTS) is 1. The van der Waals surface area contributed by atoms with Crippen LogP contribution in [-0.4, -0.2) is 48.1 Å². The topological polar surface area (TPSA) is 69.6 Å². The lowest BCUT2D eigenvalue weighted by Gasteiger charge is -2.26. The highest BCUT2D eigenvalue weighted by atomic mass is 16.4. The minimum Gasteiger partial charge on any atom is -0.481 e. The maximum absolute atomic E-state index is 11.1. The van der Waals surface area contributed by atoms with Crippen LogP contribution in [0.25, 0.3) is 0 Å². The van der Waals surface area contributed by atoms with Gasteiger partial charge in [-0.1, -0.05) is 0 Å². The Morgan fingerprint density at radius 3 is 3.00 bits per heavy atom. The summed E-state index contributed by atoms with van der Waals surface area (Å²) in [5, 5.41) is 11.3. The van der Waals surface area contributed by atoms with Crippen LogP contribution in [0.1, 0.15) is 6.42 Å². The third kappa shape index (κ3) is 2.50. The fraction of sp³-hybridized carbons (Fsp3) is 0.714. The molecular formula is C7H12N2O3. The number of carboxylic acids is 1. The van der Waals surface area contributed by atoms with Gasteiger partial charge in [-0.3, -0.25) is 9.59 Å². The maximum atomic E-state index is 11.1. The fourth-order valence-electron chi connectivity index (χ4n) is 1.11. The average molecular weight is 172 g/mol. The molecule has 1 aliphatic heterocycles. The molecule has 1 saturated heterocycles. The molecule has 0 aliphatic carbocycles. The summed E-state index contributed by atoms with van der Waals surface area (Å²) >= 11 is 0. The molecule has 0 saturated carbocycles. The Balaban J connectivity index is 2.29. The van der Waals surface area contributed by atoms with Gasteiger partial charge in [-0.2, -0.15) is 0 Å². The number of nitrogens with one attached hydrogen (secondary N) is 1. The first-order valence-corrected chi connectivity index (χ1v) is 3.90. The molecule has 1 heterocycles. The molecule has 1 fully saturated rings. The van der Waals surface area contributed by atoms with Gasteiger partial charge < -0.3 is 15.3 Å². The summed E-state index contributed by atoms with van der Waals surface area (Å²) in [5.41, 5.74) is 0. The van der Waals surface area contributed by atoms with E-state index in [4.69, 9.17) is 5.11 Å². The van der Waals surface area contributed by atoms with Gasteiger partial charge in [-0.25, -0.2) is 0 Å². The minimum atomic E-state index is -0.860. The van der Waals surface area contributed by atoms with E-state index in [0.29, 0.717) is 19.6 Å². The van der Waals surface area contributed by atoms with Gasteiger partial charge in [0.05, 0.1) is 13.0 Å². The summed E-state index contributed by atoms with van der Waals surface area (Å²) in [4.78, 5) is 22.8. The van der Waals surface area contributed by atoms with Crippen molar-refractivity contribution in [1.82, 2.24) is 10.2 Å². The van der Waals surface area contributed by atoms with Crippen LogP contribution in [0, 0.1) is 0 Å². The third-order valence-electron chi connectivity index (χ3n) is 1.78. The Hall–Kier alpha value is -1.10. The number of aliphatic carboxylic acids is 1. The molecule has 0 bridgehead atoms. The molecule has 0 unspecified atom stereocenters. The summed E-state index contributed by atoms with van der Waals surface area (Å²) in [5.74, 6) is -0.871. The molecule has 1 amide bonds. The highest BCUT2D eigenvalue weighted by molar-refractivity contribution is 5.79. The van der Waals surface area contributed by atoms with Crippen molar-refractivity contribution < 1.29 is 14.7 Å². The van der Waals surface area contributed by atoms with E-state index in [2.05, 4.69) is 5.32 Å². The normalized spacial score (nSPS) is 18.0. The quantitative estimate of drug-likeness (QED) is 0.566. The second-order valence-electron chi connectivity index (χ2n) is 2.70. The first-order valence-electron chi connectivity index (χ1n) is 3.90. The van der Waals surface area contributed by atoms with E-state index in [1.165, 1.54) is 0 Å². The first kappa shape index (κ1) is 8.99. The van der Waals surface area contributed by atoms with Crippen LogP contribution < -0.4 is 5.32 Å². The lowest BCUT2D eigenvalue weighted by atomic mass is 10.3. The van der Waals surface area contributed by atoms with Crippen molar-refractivity contribution in [1.29, 1.82) is 0 Å². The van der Waals surface area contributed by atoms with Crippen LogP contribution in [-0.2, 0) is 9.59 Å².